The zero-order valence-electron chi connectivity index (χ0n) is 9.98. The van der Waals surface area contributed by atoms with Gasteiger partial charge in [-0.25, -0.2) is 0 Å². The van der Waals surface area contributed by atoms with E-state index in [2.05, 4.69) is 5.43 Å². The molecule has 0 aliphatic carbocycles. The van der Waals surface area contributed by atoms with E-state index < -0.39 is 16.4 Å². The van der Waals surface area contributed by atoms with E-state index in [9.17, 15) is 14.5 Å². The number of anilines is 1. The summed E-state index contributed by atoms with van der Waals surface area (Å²) in [5.41, 5.74) is 4.18. The van der Waals surface area contributed by atoms with Crippen LogP contribution in [0.15, 0.2) is 30.3 Å². The summed E-state index contributed by atoms with van der Waals surface area (Å²) in [5, 5.41) is 10.9. The van der Waals surface area contributed by atoms with Crippen molar-refractivity contribution in [2.75, 3.05) is 5.43 Å². The molecule has 2 aromatic rings. The number of benzene rings is 1. The van der Waals surface area contributed by atoms with E-state index in [1.807, 2.05) is 26.0 Å². The maximum Gasteiger partial charge on any atom is 0.329 e. The molecule has 0 bridgehead atoms. The van der Waals surface area contributed by atoms with Crippen LogP contribution >= 0.6 is 0 Å². The monoisotopic (exact) mass is 249 g/mol. The maximum absolute atomic E-state index is 13.4. The highest BCUT2D eigenvalue weighted by Gasteiger charge is 2.20. The molecule has 1 N–H and O–H groups in total. The number of hydrogen-bond acceptors (Lipinski definition) is 3. The van der Waals surface area contributed by atoms with Gasteiger partial charge >= 0.3 is 5.69 Å². The summed E-state index contributed by atoms with van der Waals surface area (Å²) >= 11 is 0. The van der Waals surface area contributed by atoms with Gasteiger partial charge in [-0.1, -0.05) is 6.07 Å². The largest absolute Gasteiger partial charge is 0.329 e. The van der Waals surface area contributed by atoms with Gasteiger partial charge in [-0.2, -0.15) is 4.39 Å². The Kier molecular flexibility index (Phi) is 3.01. The van der Waals surface area contributed by atoms with Crippen molar-refractivity contribution in [3.63, 3.8) is 0 Å². The molecule has 6 heteroatoms. The normalized spacial score (nSPS) is 10.4. The van der Waals surface area contributed by atoms with Gasteiger partial charge in [0, 0.05) is 11.4 Å². The third kappa shape index (κ3) is 2.04. The van der Waals surface area contributed by atoms with Crippen molar-refractivity contribution in [2.45, 2.75) is 13.8 Å². The molecule has 94 valence electrons. The molecule has 18 heavy (non-hydrogen) atoms. The molecule has 1 aromatic heterocycles. The number of halogens is 1. The van der Waals surface area contributed by atoms with Gasteiger partial charge in [0.05, 0.1) is 4.92 Å². The van der Waals surface area contributed by atoms with Crippen molar-refractivity contribution in [3.05, 3.63) is 57.7 Å². The second kappa shape index (κ2) is 4.48. The molecule has 0 radical (unpaired) electrons. The molecule has 0 aliphatic heterocycles. The molecule has 1 heterocycles. The summed E-state index contributed by atoms with van der Waals surface area (Å²) in [7, 11) is 0. The van der Waals surface area contributed by atoms with E-state index in [0.717, 1.165) is 17.5 Å². The second-order valence-electron chi connectivity index (χ2n) is 3.96. The number of nitrogens with one attached hydrogen (secondary N) is 1. The molecule has 0 unspecified atom stereocenters. The average Bonchev–Trinajstić information content (AvgIpc) is 2.60. The number of nitro benzene ring substituents is 1. The molecule has 0 saturated carbocycles. The second-order valence-corrected chi connectivity index (χ2v) is 3.96. The van der Waals surface area contributed by atoms with Crippen LogP contribution in [0.5, 0.6) is 0 Å². The predicted molar refractivity (Wildman–Crippen MR) is 66.0 cm³/mol. The Balaban J connectivity index is 2.47. The lowest BCUT2D eigenvalue weighted by molar-refractivity contribution is -0.386. The number of hydrogen-bond donors (Lipinski definition) is 1. The zero-order valence-corrected chi connectivity index (χ0v) is 9.98. The van der Waals surface area contributed by atoms with Crippen LogP contribution in [-0.2, 0) is 0 Å². The Morgan fingerprint density at radius 1 is 1.22 bits per heavy atom. The zero-order chi connectivity index (χ0) is 13.3. The van der Waals surface area contributed by atoms with Gasteiger partial charge in [-0.3, -0.25) is 20.2 Å². The summed E-state index contributed by atoms with van der Waals surface area (Å²) in [6.07, 6.45) is 0. The number of rotatable bonds is 3. The summed E-state index contributed by atoms with van der Waals surface area (Å²) in [4.78, 5) is 10.1. The summed E-state index contributed by atoms with van der Waals surface area (Å²) in [6.45, 7) is 3.70. The Hall–Kier alpha value is -2.37. The highest BCUT2D eigenvalue weighted by Crippen LogP contribution is 2.27. The fourth-order valence-corrected chi connectivity index (χ4v) is 1.76. The third-order valence-electron chi connectivity index (χ3n) is 2.67. The lowest BCUT2D eigenvalue weighted by atomic mass is 10.2. The van der Waals surface area contributed by atoms with Crippen molar-refractivity contribution >= 4 is 11.4 Å². The molecule has 0 saturated heterocycles. The van der Waals surface area contributed by atoms with Gasteiger partial charge < -0.3 is 0 Å². The van der Waals surface area contributed by atoms with Gasteiger partial charge in [0.25, 0.3) is 0 Å². The first-order valence-electron chi connectivity index (χ1n) is 5.35. The molecule has 0 fully saturated rings. The highest BCUT2D eigenvalue weighted by atomic mass is 19.1. The molecule has 5 nitrogen and oxygen atoms in total. The predicted octanol–water partition coefficient (Wildman–Crippen LogP) is 3.03. The summed E-state index contributed by atoms with van der Waals surface area (Å²) in [5.74, 6) is -0.854. The summed E-state index contributed by atoms with van der Waals surface area (Å²) in [6, 6.07) is 7.71. The minimum atomic E-state index is -0.854. The molecule has 2 rings (SSSR count). The third-order valence-corrected chi connectivity index (χ3v) is 2.67. The maximum atomic E-state index is 13.4. The van der Waals surface area contributed by atoms with Crippen molar-refractivity contribution in [3.8, 4) is 0 Å². The van der Waals surface area contributed by atoms with E-state index in [1.165, 1.54) is 12.1 Å². The molecule has 0 spiro atoms. The van der Waals surface area contributed by atoms with Crippen molar-refractivity contribution in [1.29, 1.82) is 0 Å². The number of para-hydroxylation sites is 1. The number of nitrogens with zero attached hydrogens (tertiary/aromatic N) is 2. The molecular weight excluding hydrogens is 237 g/mol. The van der Waals surface area contributed by atoms with Gasteiger partial charge in [0.1, 0.15) is 5.69 Å². The fourth-order valence-electron chi connectivity index (χ4n) is 1.76. The summed E-state index contributed by atoms with van der Waals surface area (Å²) < 4.78 is 15.1. The van der Waals surface area contributed by atoms with Crippen molar-refractivity contribution < 1.29 is 9.31 Å². The van der Waals surface area contributed by atoms with E-state index in [0.29, 0.717) is 0 Å². The topological polar surface area (TPSA) is 60.1 Å². The van der Waals surface area contributed by atoms with E-state index >= 15 is 0 Å². The Morgan fingerprint density at radius 3 is 2.39 bits per heavy atom. The SMILES string of the molecule is Cc1ccc(C)n1Nc1cccc(F)c1[N+](=O)[O-]. The Morgan fingerprint density at radius 2 is 1.83 bits per heavy atom. The van der Waals surface area contributed by atoms with Crippen molar-refractivity contribution in [2.24, 2.45) is 0 Å². The molecule has 0 atom stereocenters. The van der Waals surface area contributed by atoms with E-state index in [1.54, 1.807) is 4.68 Å². The lowest BCUT2D eigenvalue weighted by Crippen LogP contribution is -2.13. The first-order valence-corrected chi connectivity index (χ1v) is 5.35. The van der Waals surface area contributed by atoms with Crippen LogP contribution in [0.2, 0.25) is 0 Å². The van der Waals surface area contributed by atoms with Crippen LogP contribution in [-0.4, -0.2) is 9.60 Å². The molecule has 1 aromatic carbocycles. The van der Waals surface area contributed by atoms with Crippen LogP contribution in [0.4, 0.5) is 15.8 Å². The van der Waals surface area contributed by atoms with E-state index in [4.69, 9.17) is 0 Å². The molecular formula is C12H12FN3O2. The van der Waals surface area contributed by atoms with Crippen molar-refractivity contribution in [1.82, 2.24) is 4.68 Å². The number of aryl methyl sites for hydroxylation is 2. The van der Waals surface area contributed by atoms with Crippen LogP contribution in [0.25, 0.3) is 0 Å². The van der Waals surface area contributed by atoms with Gasteiger partial charge in [0.15, 0.2) is 0 Å². The standard InChI is InChI=1S/C12H12FN3O2/c1-8-6-7-9(2)15(8)14-11-5-3-4-10(13)12(11)16(17)18/h3-7,14H,1-2H3. The average molecular weight is 249 g/mol. The van der Waals surface area contributed by atoms with Crippen LogP contribution < -0.4 is 5.43 Å². The van der Waals surface area contributed by atoms with E-state index in [-0.39, 0.29) is 5.69 Å². The van der Waals surface area contributed by atoms with Gasteiger partial charge in [0.2, 0.25) is 5.82 Å². The number of nitro groups is 1. The lowest BCUT2D eigenvalue weighted by Gasteiger charge is -2.12. The Bertz CT molecular complexity index is 588. The number of aromatic nitrogens is 1. The smallest absolute Gasteiger partial charge is 0.288 e. The van der Waals surface area contributed by atoms with Gasteiger partial charge in [-0.15, -0.1) is 0 Å². The first-order chi connectivity index (χ1) is 8.50. The first kappa shape index (κ1) is 12.1. The van der Waals surface area contributed by atoms with Crippen LogP contribution in [0.3, 0.4) is 0 Å². The minimum Gasteiger partial charge on any atom is -0.288 e. The van der Waals surface area contributed by atoms with Gasteiger partial charge in [-0.05, 0) is 38.1 Å². The Labute approximate surface area is 103 Å². The minimum absolute atomic E-state index is 0.127. The quantitative estimate of drug-likeness (QED) is 0.671. The molecule has 0 aliphatic rings. The van der Waals surface area contributed by atoms with Crippen LogP contribution in [0.1, 0.15) is 11.4 Å². The van der Waals surface area contributed by atoms with Crippen LogP contribution in [0, 0.1) is 29.8 Å². The highest BCUT2D eigenvalue weighted by molar-refractivity contribution is 5.62. The molecule has 0 amide bonds. The fraction of sp³-hybridized carbons (Fsp3) is 0.167.